The highest BCUT2D eigenvalue weighted by Crippen LogP contribution is 2.17. The highest BCUT2D eigenvalue weighted by molar-refractivity contribution is 5.89. The van der Waals surface area contributed by atoms with Crippen LogP contribution >= 0.6 is 0 Å². The van der Waals surface area contributed by atoms with Gasteiger partial charge in [-0.1, -0.05) is 31.0 Å². The molecule has 2 aromatic rings. The van der Waals surface area contributed by atoms with Crippen LogP contribution in [0, 0.1) is 12.3 Å². The zero-order valence-corrected chi connectivity index (χ0v) is 10.4. The van der Waals surface area contributed by atoms with E-state index in [0.29, 0.717) is 6.42 Å². The van der Waals surface area contributed by atoms with Crippen LogP contribution in [0.1, 0.15) is 18.9 Å². The van der Waals surface area contributed by atoms with E-state index in [1.165, 1.54) is 0 Å². The summed E-state index contributed by atoms with van der Waals surface area (Å²) in [7, 11) is 0. The quantitative estimate of drug-likeness (QED) is 0.791. The lowest BCUT2D eigenvalue weighted by Gasteiger charge is -2.10. The standard InChI is InChI=1S/C15H16N2O/c1-3-12(4-2)17-15(18)9-11-10-16-14-8-6-5-7-13(11)14/h1,5-8,10,12,16H,4,9H2,2H3,(H,17,18). The van der Waals surface area contributed by atoms with Crippen molar-refractivity contribution in [2.75, 3.05) is 0 Å². The molecule has 3 nitrogen and oxygen atoms in total. The van der Waals surface area contributed by atoms with Gasteiger partial charge in [-0.3, -0.25) is 4.79 Å². The summed E-state index contributed by atoms with van der Waals surface area (Å²) in [6, 6.07) is 7.75. The van der Waals surface area contributed by atoms with E-state index in [1.54, 1.807) is 0 Å². The molecule has 2 rings (SSSR count). The molecule has 1 aromatic carbocycles. The first-order valence-corrected chi connectivity index (χ1v) is 6.05. The Morgan fingerprint density at radius 2 is 2.28 bits per heavy atom. The Balaban J connectivity index is 2.10. The first-order chi connectivity index (χ1) is 8.74. The minimum Gasteiger partial charge on any atom is -0.361 e. The van der Waals surface area contributed by atoms with Gasteiger partial charge in [0.1, 0.15) is 0 Å². The molecule has 0 saturated heterocycles. The van der Waals surface area contributed by atoms with Crippen LogP contribution in [0.15, 0.2) is 30.5 Å². The summed E-state index contributed by atoms with van der Waals surface area (Å²) in [5.74, 6) is 2.52. The van der Waals surface area contributed by atoms with Crippen LogP contribution in [0.2, 0.25) is 0 Å². The Morgan fingerprint density at radius 1 is 1.50 bits per heavy atom. The topological polar surface area (TPSA) is 44.9 Å². The molecule has 0 radical (unpaired) electrons. The molecule has 1 amide bonds. The summed E-state index contributed by atoms with van der Waals surface area (Å²) < 4.78 is 0. The Labute approximate surface area is 107 Å². The number of fused-ring (bicyclic) bond motifs is 1. The average Bonchev–Trinajstić information content (AvgIpc) is 2.79. The molecule has 0 saturated carbocycles. The van der Waals surface area contributed by atoms with Gasteiger partial charge in [0.2, 0.25) is 5.91 Å². The SMILES string of the molecule is C#CC(CC)NC(=O)Cc1c[nH]c2ccccc12. The van der Waals surface area contributed by atoms with Crippen molar-refractivity contribution in [1.82, 2.24) is 10.3 Å². The molecular weight excluding hydrogens is 224 g/mol. The molecule has 1 heterocycles. The van der Waals surface area contributed by atoms with Gasteiger partial charge in [-0.15, -0.1) is 6.42 Å². The van der Waals surface area contributed by atoms with Crippen LogP contribution in [-0.4, -0.2) is 16.9 Å². The number of benzene rings is 1. The van der Waals surface area contributed by atoms with Gasteiger partial charge in [0.15, 0.2) is 0 Å². The summed E-state index contributed by atoms with van der Waals surface area (Å²) in [4.78, 5) is 15.0. The molecule has 0 aliphatic rings. The first kappa shape index (κ1) is 12.3. The van der Waals surface area contributed by atoms with Crippen LogP contribution in [0.25, 0.3) is 10.9 Å². The van der Waals surface area contributed by atoms with Crippen molar-refractivity contribution < 1.29 is 4.79 Å². The molecular formula is C15H16N2O. The molecule has 1 atom stereocenters. The van der Waals surface area contributed by atoms with Crippen molar-refractivity contribution in [3.8, 4) is 12.3 Å². The van der Waals surface area contributed by atoms with E-state index in [2.05, 4.69) is 16.2 Å². The van der Waals surface area contributed by atoms with E-state index >= 15 is 0 Å². The Hall–Kier alpha value is -2.21. The van der Waals surface area contributed by atoms with Crippen molar-refractivity contribution in [3.63, 3.8) is 0 Å². The normalized spacial score (nSPS) is 12.0. The van der Waals surface area contributed by atoms with E-state index in [4.69, 9.17) is 6.42 Å². The summed E-state index contributed by atoms with van der Waals surface area (Å²) in [6.07, 6.45) is 8.30. The van der Waals surface area contributed by atoms with Crippen molar-refractivity contribution in [2.45, 2.75) is 25.8 Å². The number of hydrogen-bond acceptors (Lipinski definition) is 1. The number of terminal acetylenes is 1. The molecule has 0 aliphatic heterocycles. The maximum absolute atomic E-state index is 11.9. The molecule has 0 fully saturated rings. The summed E-state index contributed by atoms with van der Waals surface area (Å²) in [6.45, 7) is 1.95. The average molecular weight is 240 g/mol. The minimum absolute atomic E-state index is 0.0375. The second kappa shape index (κ2) is 5.42. The van der Waals surface area contributed by atoms with Crippen molar-refractivity contribution in [3.05, 3.63) is 36.0 Å². The van der Waals surface area contributed by atoms with Gasteiger partial charge in [-0.05, 0) is 18.1 Å². The fraction of sp³-hybridized carbons (Fsp3) is 0.267. The highest BCUT2D eigenvalue weighted by Gasteiger charge is 2.11. The number of hydrogen-bond donors (Lipinski definition) is 2. The molecule has 0 spiro atoms. The predicted molar refractivity (Wildman–Crippen MR) is 73.1 cm³/mol. The fourth-order valence-electron chi connectivity index (χ4n) is 1.96. The highest BCUT2D eigenvalue weighted by atomic mass is 16.1. The Kier molecular flexibility index (Phi) is 3.69. The second-order valence-electron chi connectivity index (χ2n) is 4.23. The second-order valence-corrected chi connectivity index (χ2v) is 4.23. The van der Waals surface area contributed by atoms with Gasteiger partial charge >= 0.3 is 0 Å². The third kappa shape index (κ3) is 2.54. The van der Waals surface area contributed by atoms with Gasteiger partial charge in [-0.2, -0.15) is 0 Å². The lowest BCUT2D eigenvalue weighted by molar-refractivity contribution is -0.120. The zero-order valence-electron chi connectivity index (χ0n) is 10.4. The van der Waals surface area contributed by atoms with Crippen LogP contribution in [0.5, 0.6) is 0 Å². The predicted octanol–water partition coefficient (Wildman–Crippen LogP) is 2.24. The number of nitrogens with one attached hydrogen (secondary N) is 2. The monoisotopic (exact) mass is 240 g/mol. The van der Waals surface area contributed by atoms with Crippen LogP contribution in [-0.2, 0) is 11.2 Å². The number of amides is 1. The maximum atomic E-state index is 11.9. The molecule has 0 bridgehead atoms. The Morgan fingerprint density at radius 3 is 3.00 bits per heavy atom. The number of H-pyrrole nitrogens is 1. The Bertz CT molecular complexity index is 592. The summed E-state index contributed by atoms with van der Waals surface area (Å²) in [5, 5.41) is 3.92. The van der Waals surface area contributed by atoms with E-state index in [9.17, 15) is 4.79 Å². The lowest BCUT2D eigenvalue weighted by atomic mass is 10.1. The molecule has 1 aromatic heterocycles. The third-order valence-corrected chi connectivity index (χ3v) is 2.97. The lowest BCUT2D eigenvalue weighted by Crippen LogP contribution is -2.34. The third-order valence-electron chi connectivity index (χ3n) is 2.97. The van der Waals surface area contributed by atoms with Crippen molar-refractivity contribution in [2.24, 2.45) is 0 Å². The summed E-state index contributed by atoms with van der Waals surface area (Å²) in [5.41, 5.74) is 2.04. The van der Waals surface area contributed by atoms with E-state index in [0.717, 1.165) is 22.9 Å². The molecule has 92 valence electrons. The number of aromatic amines is 1. The van der Waals surface area contributed by atoms with Gasteiger partial charge < -0.3 is 10.3 Å². The molecule has 3 heteroatoms. The summed E-state index contributed by atoms with van der Waals surface area (Å²) >= 11 is 0. The van der Waals surface area contributed by atoms with Gasteiger partial charge in [0.05, 0.1) is 12.5 Å². The van der Waals surface area contributed by atoms with Crippen molar-refractivity contribution >= 4 is 16.8 Å². The van der Waals surface area contributed by atoms with Crippen LogP contribution < -0.4 is 5.32 Å². The molecule has 1 unspecified atom stereocenters. The number of carbonyl (C=O) groups excluding carboxylic acids is 1. The van der Waals surface area contributed by atoms with Gasteiger partial charge in [0, 0.05) is 17.1 Å². The van der Waals surface area contributed by atoms with E-state index < -0.39 is 0 Å². The van der Waals surface area contributed by atoms with Gasteiger partial charge in [-0.25, -0.2) is 0 Å². The number of rotatable bonds is 4. The van der Waals surface area contributed by atoms with Crippen LogP contribution in [0.4, 0.5) is 0 Å². The maximum Gasteiger partial charge on any atom is 0.225 e. The fourth-order valence-corrected chi connectivity index (χ4v) is 1.96. The van der Waals surface area contributed by atoms with Gasteiger partial charge in [0.25, 0.3) is 0 Å². The largest absolute Gasteiger partial charge is 0.361 e. The smallest absolute Gasteiger partial charge is 0.225 e. The van der Waals surface area contributed by atoms with E-state index in [1.807, 2.05) is 37.4 Å². The van der Waals surface area contributed by atoms with E-state index in [-0.39, 0.29) is 11.9 Å². The molecule has 2 N–H and O–H groups in total. The van der Waals surface area contributed by atoms with Crippen LogP contribution in [0.3, 0.4) is 0 Å². The van der Waals surface area contributed by atoms with Crippen molar-refractivity contribution in [1.29, 1.82) is 0 Å². The minimum atomic E-state index is -0.178. The first-order valence-electron chi connectivity index (χ1n) is 6.05. The number of carbonyl (C=O) groups is 1. The molecule has 0 aliphatic carbocycles. The molecule has 18 heavy (non-hydrogen) atoms. The number of para-hydroxylation sites is 1. The zero-order chi connectivity index (χ0) is 13.0. The number of aromatic nitrogens is 1.